The molecule has 4 rings (SSSR count). The van der Waals surface area contributed by atoms with Crippen LogP contribution < -0.4 is 5.32 Å². The van der Waals surface area contributed by atoms with Gasteiger partial charge >= 0.3 is 5.97 Å². The number of hydrogen-bond donors (Lipinski definition) is 1. The van der Waals surface area contributed by atoms with Gasteiger partial charge < -0.3 is 10.1 Å². The number of nitrogens with one attached hydrogen (secondary N) is 1. The Bertz CT molecular complexity index is 405. The summed E-state index contributed by atoms with van der Waals surface area (Å²) in [4.78, 5) is 16.3. The first-order chi connectivity index (χ1) is 7.80. The average molecular weight is 236 g/mol. The Kier molecular flexibility index (Phi) is 1.85. The van der Waals surface area contributed by atoms with E-state index in [1.807, 2.05) is 13.8 Å². The first-order valence-electron chi connectivity index (χ1n) is 6.25. The van der Waals surface area contributed by atoms with Crippen molar-refractivity contribution in [2.75, 3.05) is 7.11 Å². The summed E-state index contributed by atoms with van der Waals surface area (Å²) < 4.78 is 4.83. The highest BCUT2D eigenvalue weighted by atomic mass is 16.5. The second kappa shape index (κ2) is 2.85. The predicted octanol–water partition coefficient (Wildman–Crippen LogP) is 1.50. The number of nitrogens with zero attached hydrogens (tertiary/aromatic N) is 1. The second-order valence-electron chi connectivity index (χ2n) is 6.87. The van der Waals surface area contributed by atoms with Gasteiger partial charge in [-0.1, -0.05) is 6.92 Å². The molecule has 0 radical (unpaired) electrons. The zero-order valence-electron chi connectivity index (χ0n) is 11.0. The fourth-order valence-corrected chi connectivity index (χ4v) is 3.97. The van der Waals surface area contributed by atoms with Crippen molar-refractivity contribution in [1.82, 2.24) is 5.32 Å². The van der Waals surface area contributed by atoms with E-state index < -0.39 is 6.04 Å². The molecular formula is C13H20N2O2. The maximum atomic E-state index is 11.7. The molecular weight excluding hydrogens is 216 g/mol. The van der Waals surface area contributed by atoms with Crippen molar-refractivity contribution in [3.8, 4) is 0 Å². The minimum Gasteiger partial charge on any atom is -0.467 e. The lowest BCUT2D eigenvalue weighted by Crippen LogP contribution is -2.67. The van der Waals surface area contributed by atoms with Crippen molar-refractivity contribution < 1.29 is 9.53 Å². The van der Waals surface area contributed by atoms with E-state index in [-0.39, 0.29) is 16.9 Å². The van der Waals surface area contributed by atoms with Crippen LogP contribution >= 0.6 is 0 Å². The topological polar surface area (TPSA) is 50.7 Å². The van der Waals surface area contributed by atoms with Crippen LogP contribution in [0.2, 0.25) is 0 Å². The Morgan fingerprint density at radius 1 is 1.35 bits per heavy atom. The fourth-order valence-electron chi connectivity index (χ4n) is 3.97. The van der Waals surface area contributed by atoms with Crippen LogP contribution in [0.5, 0.6) is 0 Å². The van der Waals surface area contributed by atoms with Gasteiger partial charge in [0.1, 0.15) is 5.84 Å². The summed E-state index contributed by atoms with van der Waals surface area (Å²) in [6, 6.07) is -0.399. The van der Waals surface area contributed by atoms with Crippen LogP contribution in [-0.4, -0.2) is 30.5 Å². The van der Waals surface area contributed by atoms with Gasteiger partial charge in [-0.15, -0.1) is 0 Å². The molecule has 17 heavy (non-hydrogen) atoms. The van der Waals surface area contributed by atoms with E-state index in [4.69, 9.17) is 4.74 Å². The molecule has 4 nitrogen and oxygen atoms in total. The van der Waals surface area contributed by atoms with Gasteiger partial charge in [0.25, 0.3) is 0 Å². The number of hydrogen-bond acceptors (Lipinski definition) is 4. The van der Waals surface area contributed by atoms with Gasteiger partial charge in [-0.2, -0.15) is 0 Å². The maximum Gasteiger partial charge on any atom is 0.333 e. The third-order valence-corrected chi connectivity index (χ3v) is 4.60. The van der Waals surface area contributed by atoms with E-state index >= 15 is 0 Å². The van der Waals surface area contributed by atoms with Crippen molar-refractivity contribution in [3.05, 3.63) is 0 Å². The van der Waals surface area contributed by atoms with Gasteiger partial charge in [-0.3, -0.25) is 4.99 Å². The van der Waals surface area contributed by atoms with Crippen molar-refractivity contribution in [1.29, 1.82) is 0 Å². The van der Waals surface area contributed by atoms with Crippen LogP contribution in [0.3, 0.4) is 0 Å². The van der Waals surface area contributed by atoms with E-state index in [1.54, 1.807) is 0 Å². The summed E-state index contributed by atoms with van der Waals surface area (Å²) >= 11 is 0. The standard InChI is InChI=1S/C13H20N2O2/c1-11(2)8(9(16)17-4)14-10(15-11)13-5-12(3,6-13)7-13/h8H,5-7H2,1-4H3,(H,14,15). The Balaban J connectivity index is 1.82. The molecule has 1 N–H and O–H groups in total. The third-order valence-electron chi connectivity index (χ3n) is 4.60. The number of rotatable bonds is 2. The molecule has 94 valence electrons. The largest absolute Gasteiger partial charge is 0.467 e. The lowest BCUT2D eigenvalue weighted by Gasteiger charge is -2.69. The molecule has 2 bridgehead atoms. The van der Waals surface area contributed by atoms with Gasteiger partial charge in [-0.05, 0) is 38.5 Å². The Hall–Kier alpha value is -1.06. The summed E-state index contributed by atoms with van der Waals surface area (Å²) in [5.41, 5.74) is 0.491. The monoisotopic (exact) mass is 236 g/mol. The zero-order chi connectivity index (χ0) is 12.5. The van der Waals surface area contributed by atoms with Gasteiger partial charge in [0.2, 0.25) is 0 Å². The van der Waals surface area contributed by atoms with E-state index in [0.29, 0.717) is 5.41 Å². The molecule has 3 saturated carbocycles. The highest BCUT2D eigenvalue weighted by molar-refractivity contribution is 5.97. The number of methoxy groups -OCH3 is 1. The summed E-state index contributed by atoms with van der Waals surface area (Å²) in [7, 11) is 1.42. The molecule has 1 aliphatic heterocycles. The van der Waals surface area contributed by atoms with Crippen molar-refractivity contribution in [3.63, 3.8) is 0 Å². The molecule has 0 aromatic heterocycles. The average Bonchev–Trinajstić information content (AvgIpc) is 2.46. The highest BCUT2D eigenvalue weighted by Crippen LogP contribution is 2.73. The molecule has 0 amide bonds. The molecule has 3 fully saturated rings. The lowest BCUT2D eigenvalue weighted by atomic mass is 9.35. The molecule has 0 aromatic rings. The maximum absolute atomic E-state index is 11.7. The quantitative estimate of drug-likeness (QED) is 0.739. The number of aliphatic imine (C=N–C) groups is 1. The minimum absolute atomic E-state index is 0.240. The Morgan fingerprint density at radius 2 is 1.94 bits per heavy atom. The van der Waals surface area contributed by atoms with E-state index in [9.17, 15) is 4.79 Å². The SMILES string of the molecule is COC(=O)C1N=C(C23CC(C)(C2)C3)NC1(C)C. The third kappa shape index (κ3) is 1.30. The number of ether oxygens (including phenoxy) is 1. The van der Waals surface area contributed by atoms with Crippen LogP contribution in [0.4, 0.5) is 0 Å². The highest BCUT2D eigenvalue weighted by Gasteiger charge is 2.69. The van der Waals surface area contributed by atoms with Gasteiger partial charge in [0.05, 0.1) is 12.6 Å². The fraction of sp³-hybridized carbons (Fsp3) is 0.846. The van der Waals surface area contributed by atoms with Gasteiger partial charge in [0.15, 0.2) is 6.04 Å². The molecule has 0 saturated heterocycles. The number of amidine groups is 1. The number of carbonyl (C=O) groups is 1. The van der Waals surface area contributed by atoms with Crippen molar-refractivity contribution in [2.45, 2.75) is 51.6 Å². The number of esters is 1. The van der Waals surface area contributed by atoms with Crippen LogP contribution in [0.25, 0.3) is 0 Å². The second-order valence-corrected chi connectivity index (χ2v) is 6.87. The molecule has 1 atom stereocenters. The first kappa shape index (κ1) is 11.1. The molecule has 0 spiro atoms. The normalized spacial score (nSPS) is 45.2. The van der Waals surface area contributed by atoms with Crippen LogP contribution in [0, 0.1) is 10.8 Å². The van der Waals surface area contributed by atoms with Crippen LogP contribution in [-0.2, 0) is 9.53 Å². The molecule has 4 aliphatic rings. The molecule has 4 heteroatoms. The summed E-state index contributed by atoms with van der Waals surface area (Å²) in [6.07, 6.45) is 3.65. The number of carbonyl (C=O) groups excluding carboxylic acids is 1. The summed E-state index contributed by atoms with van der Waals surface area (Å²) in [5.74, 6) is 0.803. The zero-order valence-corrected chi connectivity index (χ0v) is 11.0. The van der Waals surface area contributed by atoms with E-state index in [2.05, 4.69) is 17.2 Å². The van der Waals surface area contributed by atoms with Crippen molar-refractivity contribution in [2.24, 2.45) is 15.8 Å². The van der Waals surface area contributed by atoms with E-state index in [0.717, 1.165) is 5.84 Å². The van der Waals surface area contributed by atoms with Crippen molar-refractivity contribution >= 4 is 11.8 Å². The Labute approximate surface area is 102 Å². The summed E-state index contributed by atoms with van der Waals surface area (Å²) in [5, 5.41) is 3.44. The molecule has 1 heterocycles. The lowest BCUT2D eigenvalue weighted by molar-refractivity contribution is -0.143. The van der Waals surface area contributed by atoms with Crippen LogP contribution in [0.15, 0.2) is 4.99 Å². The first-order valence-corrected chi connectivity index (χ1v) is 6.25. The molecule has 3 aliphatic carbocycles. The van der Waals surface area contributed by atoms with Gasteiger partial charge in [-0.25, -0.2) is 4.79 Å². The Morgan fingerprint density at radius 3 is 2.41 bits per heavy atom. The minimum atomic E-state index is -0.399. The van der Waals surface area contributed by atoms with Crippen LogP contribution in [0.1, 0.15) is 40.0 Å². The van der Waals surface area contributed by atoms with E-state index in [1.165, 1.54) is 26.4 Å². The summed E-state index contributed by atoms with van der Waals surface area (Å²) in [6.45, 7) is 6.35. The van der Waals surface area contributed by atoms with Gasteiger partial charge in [0, 0.05) is 5.41 Å². The predicted molar refractivity (Wildman–Crippen MR) is 64.8 cm³/mol. The molecule has 0 aromatic carbocycles. The smallest absolute Gasteiger partial charge is 0.333 e. The molecule has 1 unspecified atom stereocenters.